The first-order chi connectivity index (χ1) is 33.6. The maximum absolute atomic E-state index is 10.3. The van der Waals surface area contributed by atoms with Crippen LogP contribution in [0.5, 0.6) is 0 Å². The van der Waals surface area contributed by atoms with Crippen molar-refractivity contribution in [1.82, 2.24) is 19.1 Å². The summed E-state index contributed by atoms with van der Waals surface area (Å²) < 4.78 is 4.67. The van der Waals surface area contributed by atoms with Gasteiger partial charge in [-0.15, -0.1) is 0 Å². The average Bonchev–Trinajstić information content (AvgIpc) is 3.93. The molecular weight excluding hydrogens is 831 g/mol. The quantitative estimate of drug-likeness (QED) is 0.159. The van der Waals surface area contributed by atoms with Gasteiger partial charge < -0.3 is 9.13 Å². The van der Waals surface area contributed by atoms with Crippen molar-refractivity contribution < 1.29 is 0 Å². The van der Waals surface area contributed by atoms with Crippen LogP contribution >= 0.6 is 0 Å². The Bertz CT molecular complexity index is 3980. The first kappa shape index (κ1) is 39.7. The Labute approximate surface area is 391 Å². The van der Waals surface area contributed by atoms with Gasteiger partial charge in [-0.25, -0.2) is 9.97 Å². The zero-order valence-corrected chi connectivity index (χ0v) is 36.3. The number of nitriles is 3. The Morgan fingerprint density at radius 2 is 0.809 bits per heavy atom. The van der Waals surface area contributed by atoms with Gasteiger partial charge in [0.15, 0.2) is 5.82 Å². The summed E-state index contributed by atoms with van der Waals surface area (Å²) in [6.45, 7) is 0. The molecule has 0 unspecified atom stereocenters. The minimum absolute atomic E-state index is 0.269. The third-order valence-corrected chi connectivity index (χ3v) is 12.8. The number of hydrogen-bond donors (Lipinski definition) is 0. The van der Waals surface area contributed by atoms with Gasteiger partial charge in [0.1, 0.15) is 0 Å². The van der Waals surface area contributed by atoms with E-state index < -0.39 is 0 Å². The second-order valence-corrected chi connectivity index (χ2v) is 16.7. The number of nitrogens with zero attached hydrogens (tertiary/aromatic N) is 7. The Morgan fingerprint density at radius 3 is 1.37 bits per heavy atom. The van der Waals surface area contributed by atoms with Crippen LogP contribution in [0.1, 0.15) is 16.7 Å². The molecule has 12 rings (SSSR count). The Kier molecular flexibility index (Phi) is 9.51. The number of hydrogen-bond acceptors (Lipinski definition) is 5. The molecule has 0 N–H and O–H groups in total. The van der Waals surface area contributed by atoms with E-state index >= 15 is 0 Å². The van der Waals surface area contributed by atoms with E-state index in [0.29, 0.717) is 11.4 Å². The van der Waals surface area contributed by atoms with E-state index in [1.807, 2.05) is 48.5 Å². The molecule has 0 radical (unpaired) electrons. The van der Waals surface area contributed by atoms with Crippen LogP contribution in [0.15, 0.2) is 212 Å². The smallest absolute Gasteiger partial charge is 0.160 e. The molecule has 7 nitrogen and oxygen atoms in total. The zero-order chi connectivity index (χ0) is 45.7. The summed E-state index contributed by atoms with van der Waals surface area (Å²) in [5.41, 5.74) is 14.6. The summed E-state index contributed by atoms with van der Waals surface area (Å²) in [5, 5.41) is 34.5. The lowest BCUT2D eigenvalue weighted by Gasteiger charge is -2.20. The maximum atomic E-state index is 10.3. The summed E-state index contributed by atoms with van der Waals surface area (Å²) in [7, 11) is 0. The molecule has 314 valence electrons. The van der Waals surface area contributed by atoms with E-state index in [-0.39, 0.29) is 16.7 Å². The summed E-state index contributed by atoms with van der Waals surface area (Å²) in [6, 6.07) is 78.9. The number of aromatic nitrogens is 4. The predicted octanol–water partition coefficient (Wildman–Crippen LogP) is 14.6. The van der Waals surface area contributed by atoms with E-state index in [2.05, 4.69) is 179 Å². The summed E-state index contributed by atoms with van der Waals surface area (Å²) >= 11 is 0. The Hall–Kier alpha value is -9.87. The van der Waals surface area contributed by atoms with Crippen molar-refractivity contribution in [2.45, 2.75) is 0 Å². The molecule has 3 heterocycles. The molecule has 0 fully saturated rings. The second kappa shape index (κ2) is 16.3. The fraction of sp³-hybridized carbons (Fsp3) is 0. The molecule has 0 saturated carbocycles. The first-order valence-electron chi connectivity index (χ1n) is 22.2. The first-order valence-corrected chi connectivity index (χ1v) is 22.2. The van der Waals surface area contributed by atoms with Crippen molar-refractivity contribution in [1.29, 1.82) is 15.8 Å². The summed E-state index contributed by atoms with van der Waals surface area (Å²) in [6.07, 6.45) is 0. The van der Waals surface area contributed by atoms with Crippen molar-refractivity contribution in [3.8, 4) is 85.7 Å². The van der Waals surface area contributed by atoms with Gasteiger partial charge in [-0.05, 0) is 78.4 Å². The number of fused-ring (bicyclic) bond motifs is 6. The molecule has 0 bridgehead atoms. The van der Waals surface area contributed by atoms with E-state index in [1.165, 1.54) is 10.8 Å². The van der Waals surface area contributed by atoms with E-state index in [4.69, 9.17) is 9.97 Å². The van der Waals surface area contributed by atoms with Crippen LogP contribution in [0.25, 0.3) is 111 Å². The van der Waals surface area contributed by atoms with Crippen molar-refractivity contribution >= 4 is 43.6 Å². The molecule has 0 aliphatic rings. The van der Waals surface area contributed by atoms with Crippen LogP contribution in [-0.4, -0.2) is 19.1 Å². The van der Waals surface area contributed by atoms with Crippen molar-refractivity contribution in [2.75, 3.05) is 0 Å². The number of para-hydroxylation sites is 4. The largest absolute Gasteiger partial charge is 0.309 e. The van der Waals surface area contributed by atoms with Crippen LogP contribution in [0, 0.1) is 34.0 Å². The van der Waals surface area contributed by atoms with Gasteiger partial charge in [-0.3, -0.25) is 0 Å². The normalized spacial score (nSPS) is 11.2. The molecule has 12 aromatic rings. The molecule has 3 aromatic heterocycles. The monoisotopic (exact) mass is 865 g/mol. The highest BCUT2D eigenvalue weighted by atomic mass is 15.0. The molecule has 68 heavy (non-hydrogen) atoms. The second-order valence-electron chi connectivity index (χ2n) is 16.7. The topological polar surface area (TPSA) is 107 Å². The van der Waals surface area contributed by atoms with Gasteiger partial charge in [0.2, 0.25) is 0 Å². The van der Waals surface area contributed by atoms with E-state index in [0.717, 1.165) is 89.0 Å². The van der Waals surface area contributed by atoms with Crippen LogP contribution in [0.4, 0.5) is 0 Å². The highest BCUT2D eigenvalue weighted by Crippen LogP contribution is 2.43. The van der Waals surface area contributed by atoms with Crippen molar-refractivity contribution in [3.63, 3.8) is 0 Å². The molecule has 0 spiro atoms. The minimum atomic E-state index is 0.269. The Balaban J connectivity index is 1.15. The van der Waals surface area contributed by atoms with Gasteiger partial charge in [0.25, 0.3) is 0 Å². The van der Waals surface area contributed by atoms with Gasteiger partial charge in [-0.2, -0.15) is 15.8 Å². The van der Waals surface area contributed by atoms with Gasteiger partial charge in [-0.1, -0.05) is 140 Å². The lowest BCUT2D eigenvalue weighted by atomic mass is 9.92. The van der Waals surface area contributed by atoms with Crippen LogP contribution in [-0.2, 0) is 0 Å². The highest BCUT2D eigenvalue weighted by molar-refractivity contribution is 6.12. The summed E-state index contributed by atoms with van der Waals surface area (Å²) in [5.74, 6) is 0.600. The minimum Gasteiger partial charge on any atom is -0.309 e. The Morgan fingerprint density at radius 1 is 0.338 bits per heavy atom. The van der Waals surface area contributed by atoms with Crippen LogP contribution in [0.2, 0.25) is 0 Å². The van der Waals surface area contributed by atoms with E-state index in [1.54, 1.807) is 12.1 Å². The van der Waals surface area contributed by atoms with Crippen molar-refractivity contribution in [3.05, 3.63) is 229 Å². The van der Waals surface area contributed by atoms with Gasteiger partial charge in [0.05, 0.1) is 79.7 Å². The molecule has 0 aliphatic carbocycles. The molecule has 0 atom stereocenters. The van der Waals surface area contributed by atoms with E-state index in [9.17, 15) is 15.8 Å². The lowest BCUT2D eigenvalue weighted by Crippen LogP contribution is -2.03. The molecule has 9 aromatic carbocycles. The predicted molar refractivity (Wildman–Crippen MR) is 272 cm³/mol. The molecule has 0 saturated heterocycles. The highest BCUT2D eigenvalue weighted by Gasteiger charge is 2.23. The SMILES string of the molecule is N#Cc1cc(C#N)c(-c2ccc3c(c2)c2ccccc2n3-c2ccc(-c3nc(-c4ccccc4)cc(-c4ccccc4)n3)cc2-c2ccccc2-n2c3ccccc3c3ccccc32)c(C#N)c1. The third kappa shape index (κ3) is 6.49. The molecular formula is C61H35N7. The number of benzene rings is 9. The third-order valence-electron chi connectivity index (χ3n) is 12.8. The van der Waals surface area contributed by atoms with Gasteiger partial charge in [0, 0.05) is 54.9 Å². The maximum Gasteiger partial charge on any atom is 0.160 e. The van der Waals surface area contributed by atoms with Crippen molar-refractivity contribution in [2.24, 2.45) is 0 Å². The van der Waals surface area contributed by atoms with Crippen LogP contribution < -0.4 is 0 Å². The molecule has 7 heteroatoms. The lowest BCUT2D eigenvalue weighted by molar-refractivity contribution is 1.15. The molecule has 0 amide bonds. The van der Waals surface area contributed by atoms with Crippen LogP contribution in [0.3, 0.4) is 0 Å². The fourth-order valence-electron chi connectivity index (χ4n) is 9.84. The summed E-state index contributed by atoms with van der Waals surface area (Å²) in [4.78, 5) is 10.5. The zero-order valence-electron chi connectivity index (χ0n) is 36.3. The van der Waals surface area contributed by atoms with Gasteiger partial charge >= 0.3 is 0 Å². The average molecular weight is 866 g/mol. The standard InChI is InChI=1S/C61H35N7/c62-36-39-31-44(37-63)60(45(32-39)38-64)42-27-29-58-50(33-42)48-21-9-14-26-57(48)68(58)59-30-28-43(61-65-52(40-15-3-1-4-16-40)35-53(66-61)41-17-5-2-6-18-41)34-51(59)49-22-10-13-25-56(49)67-54-23-11-7-19-46(54)47-20-8-12-24-55(47)67/h1-35H. The molecule has 0 aliphatic heterocycles. The fourth-order valence-corrected chi connectivity index (χ4v) is 9.84. The number of rotatable bonds is 7.